The van der Waals surface area contributed by atoms with E-state index in [0.717, 1.165) is 22.0 Å². The quantitative estimate of drug-likeness (QED) is 0.133. The molecule has 0 aliphatic heterocycles. The molecule has 0 aromatic heterocycles. The monoisotopic (exact) mass is 538 g/mol. The molecule has 178 valence electrons. The summed E-state index contributed by atoms with van der Waals surface area (Å²) in [7, 11) is 0. The van der Waals surface area contributed by atoms with Crippen LogP contribution in [0.4, 0.5) is 0 Å². The Morgan fingerprint density at radius 2 is 1.53 bits per heavy atom. The Morgan fingerprint density at radius 3 is 2.19 bits per heavy atom. The summed E-state index contributed by atoms with van der Waals surface area (Å²) in [5, 5.41) is 4.17. The molecule has 4 aromatic carbocycles. The van der Waals surface area contributed by atoms with Gasteiger partial charge in [-0.2, -0.15) is 5.10 Å². The first-order valence-electron chi connectivity index (χ1n) is 11.6. The molecule has 1 aliphatic carbocycles. The van der Waals surface area contributed by atoms with Crippen LogP contribution in [0.25, 0.3) is 0 Å². The first kappa shape index (κ1) is 23.7. The molecule has 36 heavy (non-hydrogen) atoms. The highest BCUT2D eigenvalue weighted by atomic mass is 79.9. The van der Waals surface area contributed by atoms with Crippen LogP contribution in [-0.4, -0.2) is 18.1 Å². The van der Waals surface area contributed by atoms with Crippen LogP contribution < -0.4 is 10.2 Å². The zero-order chi connectivity index (χ0) is 25.0. The van der Waals surface area contributed by atoms with Gasteiger partial charge < -0.3 is 4.74 Å². The van der Waals surface area contributed by atoms with Crippen LogP contribution in [0.2, 0.25) is 0 Å². The van der Waals surface area contributed by atoms with Gasteiger partial charge in [0, 0.05) is 9.89 Å². The summed E-state index contributed by atoms with van der Waals surface area (Å²) in [6.45, 7) is 0. The number of nitrogens with zero attached hydrogens (tertiary/aromatic N) is 1. The van der Waals surface area contributed by atoms with Crippen molar-refractivity contribution in [3.63, 3.8) is 0 Å². The second kappa shape index (κ2) is 10.3. The minimum Gasteiger partial charge on any atom is -0.423 e. The molecule has 1 N–H and O–H groups in total. The third-order valence-electron chi connectivity index (χ3n) is 6.37. The molecule has 0 heterocycles. The van der Waals surface area contributed by atoms with Gasteiger partial charge in [0.2, 0.25) is 5.91 Å². The summed E-state index contributed by atoms with van der Waals surface area (Å²) >= 11 is 3.36. The Balaban J connectivity index is 1.26. The molecule has 5 rings (SSSR count). The van der Waals surface area contributed by atoms with Gasteiger partial charge in [-0.05, 0) is 53.4 Å². The summed E-state index contributed by atoms with van der Waals surface area (Å²) in [6, 6.07) is 34.3. The Hall–Kier alpha value is -4.03. The van der Waals surface area contributed by atoms with Crippen molar-refractivity contribution in [2.24, 2.45) is 11.0 Å². The number of amides is 1. The molecule has 1 aliphatic rings. The molecule has 1 saturated carbocycles. The predicted octanol–water partition coefficient (Wildman–Crippen LogP) is 6.12. The van der Waals surface area contributed by atoms with E-state index in [1.807, 2.05) is 48.5 Å². The van der Waals surface area contributed by atoms with Crippen LogP contribution in [0.3, 0.4) is 0 Å². The third-order valence-corrected chi connectivity index (χ3v) is 6.87. The van der Waals surface area contributed by atoms with Crippen molar-refractivity contribution in [3.8, 4) is 5.75 Å². The van der Waals surface area contributed by atoms with Gasteiger partial charge in [0.1, 0.15) is 5.75 Å². The maximum atomic E-state index is 13.1. The average Bonchev–Trinajstić information content (AvgIpc) is 3.67. The highest BCUT2D eigenvalue weighted by molar-refractivity contribution is 9.10. The second-order valence-corrected chi connectivity index (χ2v) is 9.58. The van der Waals surface area contributed by atoms with Crippen molar-refractivity contribution in [2.75, 3.05) is 0 Å². The molecule has 5 nitrogen and oxygen atoms in total. The topological polar surface area (TPSA) is 67.8 Å². The van der Waals surface area contributed by atoms with Gasteiger partial charge in [-0.15, -0.1) is 0 Å². The Bertz CT molecular complexity index is 1380. The number of hydrazone groups is 1. The van der Waals surface area contributed by atoms with Gasteiger partial charge >= 0.3 is 5.97 Å². The zero-order valence-corrected chi connectivity index (χ0v) is 20.9. The number of halogens is 1. The molecule has 0 unspecified atom stereocenters. The van der Waals surface area contributed by atoms with E-state index < -0.39 is 5.97 Å². The van der Waals surface area contributed by atoms with Crippen LogP contribution in [0.5, 0.6) is 5.75 Å². The van der Waals surface area contributed by atoms with Gasteiger partial charge in [-0.25, -0.2) is 10.2 Å². The summed E-state index contributed by atoms with van der Waals surface area (Å²) in [6.07, 6.45) is 2.27. The SMILES string of the molecule is O=C(Oc1cccc(/C=N\NC(=O)[C@H]2CC2(c2ccccc2)c2ccccc2)c1)c1cccc(Br)c1. The first-order valence-corrected chi connectivity index (χ1v) is 12.4. The number of hydrogen-bond acceptors (Lipinski definition) is 4. The largest absolute Gasteiger partial charge is 0.423 e. The van der Waals surface area contributed by atoms with E-state index in [9.17, 15) is 9.59 Å². The Kier molecular flexibility index (Phi) is 6.78. The Morgan fingerprint density at radius 1 is 0.861 bits per heavy atom. The fourth-order valence-electron chi connectivity index (χ4n) is 4.54. The van der Waals surface area contributed by atoms with Gasteiger partial charge in [-0.1, -0.05) is 94.8 Å². The molecule has 0 radical (unpaired) electrons. The summed E-state index contributed by atoms with van der Waals surface area (Å²) in [4.78, 5) is 25.5. The van der Waals surface area contributed by atoms with E-state index in [1.54, 1.807) is 42.6 Å². The highest BCUT2D eigenvalue weighted by Crippen LogP contribution is 2.58. The number of rotatable bonds is 7. The molecule has 6 heteroatoms. The van der Waals surface area contributed by atoms with Crippen molar-refractivity contribution >= 4 is 34.0 Å². The van der Waals surface area contributed by atoms with E-state index >= 15 is 0 Å². The lowest BCUT2D eigenvalue weighted by atomic mass is 9.85. The second-order valence-electron chi connectivity index (χ2n) is 8.67. The van der Waals surface area contributed by atoms with E-state index in [0.29, 0.717) is 16.9 Å². The maximum absolute atomic E-state index is 13.1. The molecular weight excluding hydrogens is 516 g/mol. The van der Waals surface area contributed by atoms with Crippen LogP contribution >= 0.6 is 15.9 Å². The van der Waals surface area contributed by atoms with Gasteiger partial charge in [0.15, 0.2) is 0 Å². The zero-order valence-electron chi connectivity index (χ0n) is 19.3. The van der Waals surface area contributed by atoms with Crippen LogP contribution in [0.1, 0.15) is 33.5 Å². The van der Waals surface area contributed by atoms with Gasteiger partial charge in [0.25, 0.3) is 0 Å². The number of carbonyl (C=O) groups is 2. The number of nitrogens with one attached hydrogen (secondary N) is 1. The van der Waals surface area contributed by atoms with E-state index in [2.05, 4.69) is 50.7 Å². The maximum Gasteiger partial charge on any atom is 0.343 e. The first-order chi connectivity index (χ1) is 17.6. The summed E-state index contributed by atoms with van der Waals surface area (Å²) < 4.78 is 6.29. The van der Waals surface area contributed by atoms with Crippen molar-refractivity contribution in [3.05, 3.63) is 136 Å². The van der Waals surface area contributed by atoms with Crippen molar-refractivity contribution in [1.29, 1.82) is 0 Å². The lowest BCUT2D eigenvalue weighted by molar-refractivity contribution is -0.122. The number of esters is 1. The fourth-order valence-corrected chi connectivity index (χ4v) is 4.94. The highest BCUT2D eigenvalue weighted by Gasteiger charge is 2.60. The fraction of sp³-hybridized carbons (Fsp3) is 0.100. The lowest BCUT2D eigenvalue weighted by Gasteiger charge is -2.18. The van der Waals surface area contributed by atoms with Crippen molar-refractivity contribution in [2.45, 2.75) is 11.8 Å². The molecule has 1 amide bonds. The van der Waals surface area contributed by atoms with E-state index in [1.165, 1.54) is 0 Å². The number of hydrogen-bond donors (Lipinski definition) is 1. The van der Waals surface area contributed by atoms with Crippen LogP contribution in [0, 0.1) is 5.92 Å². The molecule has 0 spiro atoms. The average molecular weight is 539 g/mol. The van der Waals surface area contributed by atoms with Gasteiger partial charge in [0.05, 0.1) is 17.7 Å². The Labute approximate surface area is 218 Å². The molecule has 4 aromatic rings. The minimum atomic E-state index is -0.453. The normalized spacial score (nSPS) is 15.9. The molecule has 1 atom stereocenters. The number of benzene rings is 4. The molecular formula is C30H23BrN2O3. The van der Waals surface area contributed by atoms with Crippen LogP contribution in [0.15, 0.2) is 119 Å². The third kappa shape index (κ3) is 4.99. The standard InChI is InChI=1S/C30H23BrN2O3/c31-25-15-8-10-22(18-25)29(35)36-26-16-7-9-21(17-26)20-32-33-28(34)27-19-30(27,23-11-3-1-4-12-23)24-13-5-2-6-14-24/h1-18,20,27H,19H2,(H,33,34)/b32-20-/t27-/m1/s1. The van der Waals surface area contributed by atoms with Crippen molar-refractivity contribution < 1.29 is 14.3 Å². The molecule has 1 fully saturated rings. The van der Waals surface area contributed by atoms with E-state index in [-0.39, 0.29) is 17.2 Å². The lowest BCUT2D eigenvalue weighted by Crippen LogP contribution is -2.25. The number of carbonyl (C=O) groups excluding carboxylic acids is 2. The van der Waals surface area contributed by atoms with E-state index in [4.69, 9.17) is 4.74 Å². The molecule has 0 saturated heterocycles. The summed E-state index contributed by atoms with van der Waals surface area (Å²) in [5.74, 6) is -0.400. The summed E-state index contributed by atoms with van der Waals surface area (Å²) in [5.41, 5.74) is 5.75. The molecule has 0 bridgehead atoms. The predicted molar refractivity (Wildman–Crippen MR) is 143 cm³/mol. The minimum absolute atomic E-state index is 0.129. The van der Waals surface area contributed by atoms with Gasteiger partial charge in [-0.3, -0.25) is 4.79 Å². The number of ether oxygens (including phenoxy) is 1. The van der Waals surface area contributed by atoms with Crippen LogP contribution in [-0.2, 0) is 10.2 Å². The van der Waals surface area contributed by atoms with Crippen molar-refractivity contribution in [1.82, 2.24) is 5.43 Å². The smallest absolute Gasteiger partial charge is 0.343 e.